The largest absolute Gasteiger partial charge is 0.360 e. The molecular formula is C16H22N4. The monoisotopic (exact) mass is 270 g/mol. The van der Waals surface area contributed by atoms with E-state index in [9.17, 15) is 0 Å². The van der Waals surface area contributed by atoms with Crippen LogP contribution in [-0.4, -0.2) is 15.3 Å². The van der Waals surface area contributed by atoms with E-state index in [1.165, 1.54) is 16.8 Å². The summed E-state index contributed by atoms with van der Waals surface area (Å²) in [6.45, 7) is 9.74. The number of hydrogen-bond donors (Lipinski definition) is 1. The van der Waals surface area contributed by atoms with Gasteiger partial charge in [-0.2, -0.15) is 5.10 Å². The summed E-state index contributed by atoms with van der Waals surface area (Å²) < 4.78 is 1.91. The quantitative estimate of drug-likeness (QED) is 0.794. The van der Waals surface area contributed by atoms with Crippen LogP contribution in [0.15, 0.2) is 24.4 Å². The van der Waals surface area contributed by atoms with Crippen LogP contribution in [-0.2, 0) is 13.6 Å². The van der Waals surface area contributed by atoms with Crippen LogP contribution in [0.5, 0.6) is 0 Å². The third kappa shape index (κ3) is 2.05. The van der Waals surface area contributed by atoms with Crippen LogP contribution < -0.4 is 10.2 Å². The van der Waals surface area contributed by atoms with E-state index in [0.29, 0.717) is 0 Å². The standard InChI is InChI=1S/C16H22N4/c1-11-6-7-14-13(8-11)18-15-12(9-17-19(15)5)10-20(14)16(2,3)4/h6-9,18H,10H2,1-5H3. The van der Waals surface area contributed by atoms with Gasteiger partial charge in [-0.15, -0.1) is 0 Å². The lowest BCUT2D eigenvalue weighted by molar-refractivity contribution is 0.503. The first kappa shape index (κ1) is 13.0. The molecule has 0 spiro atoms. The van der Waals surface area contributed by atoms with Crippen molar-refractivity contribution in [3.63, 3.8) is 0 Å². The Bertz CT molecular complexity index is 649. The molecule has 1 aliphatic heterocycles. The molecule has 20 heavy (non-hydrogen) atoms. The fourth-order valence-electron chi connectivity index (χ4n) is 2.73. The van der Waals surface area contributed by atoms with Crippen molar-refractivity contribution in [3.8, 4) is 0 Å². The lowest BCUT2D eigenvalue weighted by Crippen LogP contribution is -2.40. The molecule has 3 rings (SSSR count). The van der Waals surface area contributed by atoms with Crippen LogP contribution in [0.25, 0.3) is 0 Å². The first-order valence-electron chi connectivity index (χ1n) is 7.02. The van der Waals surface area contributed by atoms with E-state index in [2.05, 4.69) is 61.2 Å². The molecule has 4 nitrogen and oxygen atoms in total. The number of aromatic nitrogens is 2. The number of benzene rings is 1. The first-order valence-corrected chi connectivity index (χ1v) is 7.02. The molecule has 0 saturated heterocycles. The van der Waals surface area contributed by atoms with E-state index >= 15 is 0 Å². The zero-order valence-electron chi connectivity index (χ0n) is 12.9. The van der Waals surface area contributed by atoms with Crippen molar-refractivity contribution >= 4 is 17.2 Å². The molecule has 1 N–H and O–H groups in total. The van der Waals surface area contributed by atoms with Gasteiger partial charge in [0.1, 0.15) is 5.82 Å². The van der Waals surface area contributed by atoms with E-state index in [0.717, 1.165) is 18.1 Å². The summed E-state index contributed by atoms with van der Waals surface area (Å²) in [5.41, 5.74) is 4.96. The lowest BCUT2D eigenvalue weighted by Gasteiger charge is -2.37. The van der Waals surface area contributed by atoms with Crippen LogP contribution in [0.2, 0.25) is 0 Å². The number of nitrogens with zero attached hydrogens (tertiary/aromatic N) is 3. The van der Waals surface area contributed by atoms with Crippen molar-refractivity contribution in [2.45, 2.75) is 39.8 Å². The maximum Gasteiger partial charge on any atom is 0.133 e. The van der Waals surface area contributed by atoms with Gasteiger partial charge in [0.2, 0.25) is 0 Å². The molecule has 0 unspecified atom stereocenters. The van der Waals surface area contributed by atoms with Crippen molar-refractivity contribution in [2.24, 2.45) is 7.05 Å². The molecule has 106 valence electrons. The Labute approximate surface area is 120 Å². The van der Waals surface area contributed by atoms with Gasteiger partial charge >= 0.3 is 0 Å². The SMILES string of the molecule is Cc1ccc2c(c1)Nc1c(cnn1C)CN2C(C)(C)C. The molecular weight excluding hydrogens is 248 g/mol. The molecule has 2 aromatic rings. The Morgan fingerprint density at radius 3 is 2.70 bits per heavy atom. The smallest absolute Gasteiger partial charge is 0.133 e. The van der Waals surface area contributed by atoms with Gasteiger partial charge in [0.25, 0.3) is 0 Å². The second-order valence-electron chi connectivity index (χ2n) is 6.54. The van der Waals surface area contributed by atoms with Gasteiger partial charge < -0.3 is 10.2 Å². The van der Waals surface area contributed by atoms with Crippen LogP contribution >= 0.6 is 0 Å². The van der Waals surface area contributed by atoms with Crippen molar-refractivity contribution in [1.82, 2.24) is 9.78 Å². The molecule has 0 saturated carbocycles. The molecule has 1 aromatic carbocycles. The maximum atomic E-state index is 4.38. The average Bonchev–Trinajstić information content (AvgIpc) is 2.59. The zero-order valence-corrected chi connectivity index (χ0v) is 12.9. The minimum absolute atomic E-state index is 0.0587. The zero-order chi connectivity index (χ0) is 14.5. The highest BCUT2D eigenvalue weighted by atomic mass is 15.3. The molecule has 1 aromatic heterocycles. The molecule has 0 radical (unpaired) electrons. The van der Waals surface area contributed by atoms with Crippen molar-refractivity contribution in [3.05, 3.63) is 35.5 Å². The summed E-state index contributed by atoms with van der Waals surface area (Å²) in [4.78, 5) is 2.43. The molecule has 0 fully saturated rings. The van der Waals surface area contributed by atoms with E-state index in [1.807, 2.05) is 17.9 Å². The number of hydrogen-bond acceptors (Lipinski definition) is 3. The minimum Gasteiger partial charge on any atom is -0.360 e. The Morgan fingerprint density at radius 2 is 2.00 bits per heavy atom. The Kier molecular flexibility index (Phi) is 2.78. The highest BCUT2D eigenvalue weighted by Crippen LogP contribution is 2.39. The number of nitrogens with one attached hydrogen (secondary N) is 1. The van der Waals surface area contributed by atoms with Gasteiger partial charge in [0, 0.05) is 24.7 Å². The van der Waals surface area contributed by atoms with E-state index in [1.54, 1.807) is 0 Å². The average molecular weight is 270 g/mol. The van der Waals surface area contributed by atoms with Gasteiger partial charge in [-0.25, -0.2) is 0 Å². The summed E-state index contributed by atoms with van der Waals surface area (Å²) in [5, 5.41) is 7.93. The molecule has 0 amide bonds. The third-order valence-corrected chi connectivity index (χ3v) is 3.85. The van der Waals surface area contributed by atoms with Crippen molar-refractivity contribution in [1.29, 1.82) is 0 Å². The number of fused-ring (bicyclic) bond motifs is 2. The summed E-state index contributed by atoms with van der Waals surface area (Å²) in [5.74, 6) is 1.09. The van der Waals surface area contributed by atoms with E-state index < -0.39 is 0 Å². The van der Waals surface area contributed by atoms with Gasteiger partial charge in [-0.1, -0.05) is 6.07 Å². The number of rotatable bonds is 0. The second-order valence-corrected chi connectivity index (χ2v) is 6.54. The predicted molar refractivity (Wildman–Crippen MR) is 83.6 cm³/mol. The molecule has 4 heteroatoms. The summed E-state index contributed by atoms with van der Waals surface area (Å²) in [6, 6.07) is 6.59. The van der Waals surface area contributed by atoms with Gasteiger partial charge in [-0.05, 0) is 45.4 Å². The predicted octanol–water partition coefficient (Wildman–Crippen LogP) is 3.59. The Morgan fingerprint density at radius 1 is 1.25 bits per heavy atom. The molecule has 1 aliphatic rings. The maximum absolute atomic E-state index is 4.38. The van der Waals surface area contributed by atoms with Crippen molar-refractivity contribution in [2.75, 3.05) is 10.2 Å². The van der Waals surface area contributed by atoms with Gasteiger partial charge in [-0.3, -0.25) is 4.68 Å². The van der Waals surface area contributed by atoms with Crippen molar-refractivity contribution < 1.29 is 0 Å². The van der Waals surface area contributed by atoms with Crippen LogP contribution in [0.4, 0.5) is 17.2 Å². The first-order chi connectivity index (χ1) is 9.36. The van der Waals surface area contributed by atoms with Crippen LogP contribution in [0.3, 0.4) is 0 Å². The molecule has 0 aliphatic carbocycles. The summed E-state index contributed by atoms with van der Waals surface area (Å²) in [6.07, 6.45) is 1.96. The fraction of sp³-hybridized carbons (Fsp3) is 0.438. The molecule has 2 heterocycles. The van der Waals surface area contributed by atoms with E-state index in [-0.39, 0.29) is 5.54 Å². The minimum atomic E-state index is 0.0587. The van der Waals surface area contributed by atoms with Gasteiger partial charge in [0.15, 0.2) is 0 Å². The number of anilines is 3. The Hall–Kier alpha value is -1.97. The summed E-state index contributed by atoms with van der Waals surface area (Å²) >= 11 is 0. The Balaban J connectivity index is 2.20. The third-order valence-electron chi connectivity index (χ3n) is 3.85. The number of aryl methyl sites for hydroxylation is 2. The molecule has 0 bridgehead atoms. The van der Waals surface area contributed by atoms with E-state index in [4.69, 9.17) is 0 Å². The van der Waals surface area contributed by atoms with Crippen LogP contribution in [0, 0.1) is 6.92 Å². The van der Waals surface area contributed by atoms with Gasteiger partial charge in [0.05, 0.1) is 17.6 Å². The fourth-order valence-corrected chi connectivity index (χ4v) is 2.73. The molecule has 0 atom stereocenters. The highest BCUT2D eigenvalue weighted by molar-refractivity contribution is 5.78. The van der Waals surface area contributed by atoms with Crippen LogP contribution in [0.1, 0.15) is 31.9 Å². The second kappa shape index (κ2) is 4.27. The lowest BCUT2D eigenvalue weighted by atomic mass is 10.0. The highest BCUT2D eigenvalue weighted by Gasteiger charge is 2.28. The normalized spacial score (nSPS) is 14.3. The topological polar surface area (TPSA) is 33.1 Å². The summed E-state index contributed by atoms with van der Waals surface area (Å²) in [7, 11) is 1.98.